The van der Waals surface area contributed by atoms with Crippen LogP contribution in [0.5, 0.6) is 0 Å². The Kier molecular flexibility index (Phi) is 6.49. The largest absolute Gasteiger partial charge is 0.416 e. The monoisotopic (exact) mass is 488 g/mol. The summed E-state index contributed by atoms with van der Waals surface area (Å²) in [6.45, 7) is 0. The van der Waals surface area contributed by atoms with Crippen molar-refractivity contribution >= 4 is 50.5 Å². The number of hydrogen-bond acceptors (Lipinski definition) is 3. The fourth-order valence-electron chi connectivity index (χ4n) is 2.56. The van der Waals surface area contributed by atoms with Gasteiger partial charge in [-0.15, -0.1) is 0 Å². The van der Waals surface area contributed by atoms with E-state index in [4.69, 9.17) is 23.2 Å². The van der Waals surface area contributed by atoms with Crippen LogP contribution in [0.25, 0.3) is 0 Å². The van der Waals surface area contributed by atoms with Gasteiger partial charge in [0.2, 0.25) is 0 Å². The van der Waals surface area contributed by atoms with Crippen molar-refractivity contribution in [1.29, 1.82) is 0 Å². The predicted octanol–water partition coefficient (Wildman–Crippen LogP) is 6.07. The Bertz CT molecular complexity index is 1230. The fraction of sp³-hybridized carbons (Fsp3) is 0.0500. The number of benzene rings is 3. The minimum atomic E-state index is -4.60. The molecule has 3 aromatic carbocycles. The molecule has 0 spiro atoms. The van der Waals surface area contributed by atoms with Crippen LogP contribution in [0.1, 0.15) is 15.9 Å². The van der Waals surface area contributed by atoms with Gasteiger partial charge in [-0.1, -0.05) is 29.3 Å². The fourth-order valence-corrected chi connectivity index (χ4v) is 4.11. The molecule has 0 saturated heterocycles. The molecule has 5 nitrogen and oxygen atoms in total. The lowest BCUT2D eigenvalue weighted by Gasteiger charge is -2.12. The van der Waals surface area contributed by atoms with E-state index in [0.717, 1.165) is 12.1 Å². The van der Waals surface area contributed by atoms with E-state index in [9.17, 15) is 26.4 Å². The van der Waals surface area contributed by atoms with Gasteiger partial charge in [-0.05, 0) is 60.7 Å². The highest BCUT2D eigenvalue weighted by atomic mass is 35.5. The smallest absolute Gasteiger partial charge is 0.322 e. The molecule has 0 aliphatic heterocycles. The molecular weight excluding hydrogens is 476 g/mol. The van der Waals surface area contributed by atoms with E-state index in [1.807, 2.05) is 0 Å². The third kappa shape index (κ3) is 5.69. The highest BCUT2D eigenvalue weighted by Gasteiger charge is 2.30. The van der Waals surface area contributed by atoms with Gasteiger partial charge < -0.3 is 5.32 Å². The molecule has 0 unspecified atom stereocenters. The lowest BCUT2D eigenvalue weighted by Crippen LogP contribution is -2.15. The average molecular weight is 489 g/mol. The van der Waals surface area contributed by atoms with E-state index in [2.05, 4.69) is 10.0 Å². The predicted molar refractivity (Wildman–Crippen MR) is 113 cm³/mol. The van der Waals surface area contributed by atoms with Gasteiger partial charge in [0.05, 0.1) is 21.0 Å². The van der Waals surface area contributed by atoms with Gasteiger partial charge in [0, 0.05) is 16.4 Å². The molecule has 0 heterocycles. The van der Waals surface area contributed by atoms with E-state index in [0.29, 0.717) is 11.1 Å². The number of halogens is 5. The quantitative estimate of drug-likeness (QED) is 0.457. The summed E-state index contributed by atoms with van der Waals surface area (Å²) in [6, 6.07) is 13.3. The Hall–Kier alpha value is -2.75. The minimum absolute atomic E-state index is 0.148. The van der Waals surface area contributed by atoms with Crippen molar-refractivity contribution < 1.29 is 26.4 Å². The average Bonchev–Trinajstić information content (AvgIpc) is 2.67. The van der Waals surface area contributed by atoms with Crippen LogP contribution in [0.15, 0.2) is 71.6 Å². The van der Waals surface area contributed by atoms with Gasteiger partial charge >= 0.3 is 6.18 Å². The van der Waals surface area contributed by atoms with E-state index >= 15 is 0 Å². The molecule has 3 rings (SSSR count). The molecule has 0 fully saturated rings. The molecule has 0 aliphatic carbocycles. The number of sulfonamides is 1. The number of carbonyl (C=O) groups is 1. The normalized spacial score (nSPS) is 11.8. The van der Waals surface area contributed by atoms with Crippen molar-refractivity contribution in [2.45, 2.75) is 11.1 Å². The molecule has 0 atom stereocenters. The van der Waals surface area contributed by atoms with Gasteiger partial charge in [0.1, 0.15) is 0 Å². The van der Waals surface area contributed by atoms with Crippen LogP contribution in [0.2, 0.25) is 10.0 Å². The van der Waals surface area contributed by atoms with E-state index < -0.39 is 27.7 Å². The molecule has 1 amide bonds. The highest BCUT2D eigenvalue weighted by Crippen LogP contribution is 2.31. The maximum absolute atomic E-state index is 12.8. The van der Waals surface area contributed by atoms with Crippen LogP contribution in [0.4, 0.5) is 24.5 Å². The Balaban J connectivity index is 1.75. The Morgan fingerprint density at radius 3 is 2.16 bits per heavy atom. The highest BCUT2D eigenvalue weighted by molar-refractivity contribution is 7.92. The zero-order chi connectivity index (χ0) is 22.8. The van der Waals surface area contributed by atoms with Crippen molar-refractivity contribution in [2.75, 3.05) is 10.0 Å². The molecule has 0 aliphatic rings. The van der Waals surface area contributed by atoms with Crippen molar-refractivity contribution in [3.05, 3.63) is 87.9 Å². The summed E-state index contributed by atoms with van der Waals surface area (Å²) < 4.78 is 65.5. The standard InChI is InChI=1S/C20H13Cl2F3N2O3S/c21-13-4-9-17(18(22)11-13)19(28)26-14-5-7-16(8-6-14)31(29,30)27-15-3-1-2-12(10-15)20(23,24)25/h1-11,27H,(H,26,28). The van der Waals surface area contributed by atoms with E-state index in [-0.39, 0.29) is 26.9 Å². The molecule has 11 heteroatoms. The number of amides is 1. The van der Waals surface area contributed by atoms with Gasteiger partial charge in [-0.3, -0.25) is 9.52 Å². The molecule has 0 radical (unpaired) electrons. The number of nitrogens with one attached hydrogen (secondary N) is 2. The lowest BCUT2D eigenvalue weighted by atomic mass is 10.2. The number of alkyl halides is 3. The summed E-state index contributed by atoms with van der Waals surface area (Å²) in [5.41, 5.74) is -0.751. The van der Waals surface area contributed by atoms with Crippen LogP contribution in [0.3, 0.4) is 0 Å². The van der Waals surface area contributed by atoms with Crippen molar-refractivity contribution in [3.8, 4) is 0 Å². The molecule has 31 heavy (non-hydrogen) atoms. The van der Waals surface area contributed by atoms with Crippen LogP contribution < -0.4 is 10.0 Å². The molecule has 0 bridgehead atoms. The third-order valence-corrected chi connectivity index (χ3v) is 5.99. The second-order valence-electron chi connectivity index (χ2n) is 6.29. The van der Waals surface area contributed by atoms with Crippen molar-refractivity contribution in [2.24, 2.45) is 0 Å². The molecule has 2 N–H and O–H groups in total. The SMILES string of the molecule is O=C(Nc1ccc(S(=O)(=O)Nc2cccc(C(F)(F)F)c2)cc1)c1ccc(Cl)cc1Cl. The third-order valence-electron chi connectivity index (χ3n) is 4.04. The lowest BCUT2D eigenvalue weighted by molar-refractivity contribution is -0.137. The first-order valence-electron chi connectivity index (χ1n) is 8.52. The summed E-state index contributed by atoms with van der Waals surface area (Å²) in [6.07, 6.45) is -4.60. The number of rotatable bonds is 5. The second kappa shape index (κ2) is 8.78. The van der Waals surface area contributed by atoms with Gasteiger partial charge in [0.15, 0.2) is 0 Å². The van der Waals surface area contributed by atoms with Gasteiger partial charge in [0.25, 0.3) is 15.9 Å². The first-order valence-corrected chi connectivity index (χ1v) is 10.8. The van der Waals surface area contributed by atoms with Crippen LogP contribution in [-0.4, -0.2) is 14.3 Å². The second-order valence-corrected chi connectivity index (χ2v) is 8.81. The van der Waals surface area contributed by atoms with Crippen molar-refractivity contribution in [3.63, 3.8) is 0 Å². The summed E-state index contributed by atoms with van der Waals surface area (Å²) in [7, 11) is -4.15. The van der Waals surface area contributed by atoms with Gasteiger partial charge in [-0.2, -0.15) is 13.2 Å². The van der Waals surface area contributed by atoms with Crippen molar-refractivity contribution in [1.82, 2.24) is 0 Å². The molecule has 3 aromatic rings. The van der Waals surface area contributed by atoms with Crippen LogP contribution in [0, 0.1) is 0 Å². The van der Waals surface area contributed by atoms with E-state index in [1.54, 1.807) is 0 Å². The Morgan fingerprint density at radius 2 is 1.55 bits per heavy atom. The van der Waals surface area contributed by atoms with Crippen LogP contribution in [-0.2, 0) is 16.2 Å². The molecular formula is C20H13Cl2F3N2O3S. The molecule has 0 saturated carbocycles. The van der Waals surface area contributed by atoms with Crippen LogP contribution >= 0.6 is 23.2 Å². The molecule has 162 valence electrons. The van der Waals surface area contributed by atoms with E-state index in [1.165, 1.54) is 48.5 Å². The zero-order valence-electron chi connectivity index (χ0n) is 15.4. The topological polar surface area (TPSA) is 75.3 Å². The number of anilines is 2. The summed E-state index contributed by atoms with van der Waals surface area (Å²) >= 11 is 11.8. The summed E-state index contributed by atoms with van der Waals surface area (Å²) in [5, 5.41) is 3.08. The Morgan fingerprint density at radius 1 is 0.871 bits per heavy atom. The summed E-state index contributed by atoms with van der Waals surface area (Å²) in [4.78, 5) is 12.1. The number of carbonyl (C=O) groups excluding carboxylic acids is 1. The zero-order valence-corrected chi connectivity index (χ0v) is 17.7. The van der Waals surface area contributed by atoms with Gasteiger partial charge in [-0.25, -0.2) is 8.42 Å². The first-order chi connectivity index (χ1) is 14.5. The first kappa shape index (κ1) is 22.9. The number of hydrogen-bond donors (Lipinski definition) is 2. The maximum atomic E-state index is 12.8. The molecule has 0 aromatic heterocycles. The minimum Gasteiger partial charge on any atom is -0.322 e. The summed E-state index contributed by atoms with van der Waals surface area (Å²) in [5.74, 6) is -0.528. The Labute approximate surface area is 185 Å². The maximum Gasteiger partial charge on any atom is 0.416 e.